The quantitative estimate of drug-likeness (QED) is 0.754. The number of likely N-dealkylation sites (tertiary alicyclic amines) is 1. The molecule has 1 fully saturated rings. The van der Waals surface area contributed by atoms with Crippen LogP contribution in [0.3, 0.4) is 0 Å². The van der Waals surface area contributed by atoms with Crippen molar-refractivity contribution in [2.45, 2.75) is 53.0 Å². The van der Waals surface area contributed by atoms with E-state index in [9.17, 15) is 0 Å². The van der Waals surface area contributed by atoms with Gasteiger partial charge in [0.25, 0.3) is 0 Å². The first-order valence-corrected chi connectivity index (χ1v) is 6.97. The van der Waals surface area contributed by atoms with E-state index < -0.39 is 0 Å². The standard InChI is InChI=1S/C14H30N2/c1-11(6-5-7-14(4)15)8-16-9-12(2)13(3)10-16/h11-14H,5-10,15H2,1-4H3. The van der Waals surface area contributed by atoms with Crippen molar-refractivity contribution in [3.05, 3.63) is 0 Å². The highest BCUT2D eigenvalue weighted by atomic mass is 15.1. The Balaban J connectivity index is 2.12. The molecule has 0 spiro atoms. The average molecular weight is 226 g/mol. The van der Waals surface area contributed by atoms with Gasteiger partial charge < -0.3 is 10.6 Å². The first kappa shape index (κ1) is 14.0. The van der Waals surface area contributed by atoms with E-state index in [1.807, 2.05) is 0 Å². The molecule has 2 N–H and O–H groups in total. The van der Waals surface area contributed by atoms with Crippen molar-refractivity contribution in [1.82, 2.24) is 4.90 Å². The van der Waals surface area contributed by atoms with E-state index in [0.29, 0.717) is 6.04 Å². The maximum atomic E-state index is 5.77. The zero-order chi connectivity index (χ0) is 12.1. The molecule has 96 valence electrons. The Morgan fingerprint density at radius 1 is 1.12 bits per heavy atom. The molecule has 0 aromatic heterocycles. The highest BCUT2D eigenvalue weighted by Crippen LogP contribution is 2.23. The van der Waals surface area contributed by atoms with Crippen LogP contribution >= 0.6 is 0 Å². The molecule has 1 aliphatic heterocycles. The minimum atomic E-state index is 0.374. The zero-order valence-electron chi connectivity index (χ0n) is 11.6. The van der Waals surface area contributed by atoms with E-state index in [2.05, 4.69) is 32.6 Å². The first-order valence-electron chi connectivity index (χ1n) is 6.97. The number of hydrogen-bond acceptors (Lipinski definition) is 2. The fourth-order valence-electron chi connectivity index (χ4n) is 2.72. The van der Waals surface area contributed by atoms with Crippen LogP contribution in [0.25, 0.3) is 0 Å². The summed E-state index contributed by atoms with van der Waals surface area (Å²) in [5, 5.41) is 0. The monoisotopic (exact) mass is 226 g/mol. The van der Waals surface area contributed by atoms with Crippen molar-refractivity contribution >= 4 is 0 Å². The molecular formula is C14H30N2. The van der Waals surface area contributed by atoms with Gasteiger partial charge in [-0.05, 0) is 37.5 Å². The molecule has 0 aromatic carbocycles. The minimum absolute atomic E-state index is 0.374. The Kier molecular flexibility index (Phi) is 5.77. The number of rotatable bonds is 6. The Hall–Kier alpha value is -0.0800. The van der Waals surface area contributed by atoms with Crippen molar-refractivity contribution < 1.29 is 0 Å². The Morgan fingerprint density at radius 2 is 1.69 bits per heavy atom. The summed E-state index contributed by atoms with van der Waals surface area (Å²) in [7, 11) is 0. The smallest absolute Gasteiger partial charge is 0.00104 e. The molecule has 2 heteroatoms. The van der Waals surface area contributed by atoms with E-state index in [4.69, 9.17) is 5.73 Å². The zero-order valence-corrected chi connectivity index (χ0v) is 11.6. The highest BCUT2D eigenvalue weighted by Gasteiger charge is 2.26. The topological polar surface area (TPSA) is 29.3 Å². The van der Waals surface area contributed by atoms with Gasteiger partial charge in [-0.15, -0.1) is 0 Å². The van der Waals surface area contributed by atoms with E-state index in [0.717, 1.165) is 17.8 Å². The van der Waals surface area contributed by atoms with Gasteiger partial charge in [-0.2, -0.15) is 0 Å². The SMILES string of the molecule is CC(N)CCCC(C)CN1CC(C)C(C)C1. The molecule has 16 heavy (non-hydrogen) atoms. The second kappa shape index (κ2) is 6.61. The Labute approximate surface area is 102 Å². The molecule has 1 aliphatic rings. The van der Waals surface area contributed by atoms with Crippen LogP contribution in [0.1, 0.15) is 47.0 Å². The number of nitrogens with zero attached hydrogens (tertiary/aromatic N) is 1. The second-order valence-electron chi connectivity index (χ2n) is 6.19. The minimum Gasteiger partial charge on any atom is -0.328 e. The summed E-state index contributed by atoms with van der Waals surface area (Å²) in [4.78, 5) is 2.64. The highest BCUT2D eigenvalue weighted by molar-refractivity contribution is 4.79. The van der Waals surface area contributed by atoms with Crippen LogP contribution in [0.15, 0.2) is 0 Å². The molecule has 0 saturated carbocycles. The summed E-state index contributed by atoms with van der Waals surface area (Å²) in [6.45, 7) is 13.1. The second-order valence-corrected chi connectivity index (χ2v) is 6.19. The summed E-state index contributed by atoms with van der Waals surface area (Å²) in [5.74, 6) is 2.60. The van der Waals surface area contributed by atoms with E-state index in [-0.39, 0.29) is 0 Å². The van der Waals surface area contributed by atoms with Gasteiger partial charge in [-0.1, -0.05) is 27.2 Å². The summed E-state index contributed by atoms with van der Waals surface area (Å²) < 4.78 is 0. The van der Waals surface area contributed by atoms with Crippen LogP contribution < -0.4 is 5.73 Å². The molecule has 0 bridgehead atoms. The molecule has 1 rings (SSSR count). The summed E-state index contributed by atoms with van der Waals surface area (Å²) in [5.41, 5.74) is 5.77. The normalized spacial score (nSPS) is 30.6. The van der Waals surface area contributed by atoms with Crippen molar-refractivity contribution in [2.24, 2.45) is 23.5 Å². The fraction of sp³-hybridized carbons (Fsp3) is 1.00. The van der Waals surface area contributed by atoms with E-state index in [1.165, 1.54) is 38.9 Å². The maximum Gasteiger partial charge on any atom is 0.00104 e. The molecular weight excluding hydrogens is 196 g/mol. The van der Waals surface area contributed by atoms with Gasteiger partial charge in [-0.25, -0.2) is 0 Å². The third-order valence-corrected chi connectivity index (χ3v) is 3.99. The van der Waals surface area contributed by atoms with Gasteiger partial charge in [0.05, 0.1) is 0 Å². The first-order chi connectivity index (χ1) is 7.49. The number of hydrogen-bond donors (Lipinski definition) is 1. The Morgan fingerprint density at radius 3 is 2.19 bits per heavy atom. The van der Waals surface area contributed by atoms with Crippen LogP contribution in [0.4, 0.5) is 0 Å². The molecule has 0 aliphatic carbocycles. The number of nitrogens with two attached hydrogens (primary N) is 1. The average Bonchev–Trinajstić information content (AvgIpc) is 2.44. The van der Waals surface area contributed by atoms with Crippen LogP contribution in [-0.4, -0.2) is 30.6 Å². The predicted octanol–water partition coefficient (Wildman–Crippen LogP) is 2.73. The largest absolute Gasteiger partial charge is 0.328 e. The van der Waals surface area contributed by atoms with E-state index in [1.54, 1.807) is 0 Å². The van der Waals surface area contributed by atoms with E-state index >= 15 is 0 Å². The van der Waals surface area contributed by atoms with Gasteiger partial charge in [-0.3, -0.25) is 0 Å². The van der Waals surface area contributed by atoms with Crippen molar-refractivity contribution in [3.8, 4) is 0 Å². The third kappa shape index (κ3) is 4.84. The molecule has 0 amide bonds. The van der Waals surface area contributed by atoms with Crippen molar-refractivity contribution in [1.29, 1.82) is 0 Å². The molecule has 4 atom stereocenters. The fourth-order valence-corrected chi connectivity index (χ4v) is 2.72. The molecule has 4 unspecified atom stereocenters. The summed E-state index contributed by atoms with van der Waals surface area (Å²) in [6.07, 6.45) is 3.80. The van der Waals surface area contributed by atoms with Gasteiger partial charge >= 0.3 is 0 Å². The molecule has 1 heterocycles. The third-order valence-electron chi connectivity index (χ3n) is 3.99. The molecule has 2 nitrogen and oxygen atoms in total. The predicted molar refractivity (Wildman–Crippen MR) is 71.4 cm³/mol. The maximum absolute atomic E-state index is 5.77. The van der Waals surface area contributed by atoms with Crippen molar-refractivity contribution in [3.63, 3.8) is 0 Å². The van der Waals surface area contributed by atoms with Crippen LogP contribution in [0, 0.1) is 17.8 Å². The van der Waals surface area contributed by atoms with Crippen molar-refractivity contribution in [2.75, 3.05) is 19.6 Å². The van der Waals surface area contributed by atoms with Gasteiger partial charge in [0.15, 0.2) is 0 Å². The summed E-state index contributed by atoms with van der Waals surface area (Å²) in [6, 6.07) is 0.374. The lowest BCUT2D eigenvalue weighted by Crippen LogP contribution is -2.26. The van der Waals surface area contributed by atoms with Crippen LogP contribution in [0.5, 0.6) is 0 Å². The molecule has 1 saturated heterocycles. The lowest BCUT2D eigenvalue weighted by atomic mass is 10.0. The van der Waals surface area contributed by atoms with Gasteiger partial charge in [0.1, 0.15) is 0 Å². The van der Waals surface area contributed by atoms with Gasteiger partial charge in [0, 0.05) is 25.7 Å². The lowest BCUT2D eigenvalue weighted by Gasteiger charge is -2.21. The van der Waals surface area contributed by atoms with Gasteiger partial charge in [0.2, 0.25) is 0 Å². The summed E-state index contributed by atoms with van der Waals surface area (Å²) >= 11 is 0. The molecule has 0 radical (unpaired) electrons. The van der Waals surface area contributed by atoms with Crippen LogP contribution in [-0.2, 0) is 0 Å². The lowest BCUT2D eigenvalue weighted by molar-refractivity contribution is 0.265. The van der Waals surface area contributed by atoms with Crippen LogP contribution in [0.2, 0.25) is 0 Å². The molecule has 0 aromatic rings. The Bertz CT molecular complexity index is 181.